The molecule has 1 saturated carbocycles. The van der Waals surface area contributed by atoms with Crippen molar-refractivity contribution >= 4 is 0 Å². The molecule has 0 aromatic carbocycles. The van der Waals surface area contributed by atoms with Crippen LogP contribution in [0.4, 0.5) is 0 Å². The molecule has 1 heterocycles. The van der Waals surface area contributed by atoms with Crippen LogP contribution in [0.25, 0.3) is 0 Å². The van der Waals surface area contributed by atoms with E-state index in [9.17, 15) is 0 Å². The first-order valence-corrected chi connectivity index (χ1v) is 8.67. The van der Waals surface area contributed by atoms with Crippen LogP contribution in [0, 0.1) is 17.3 Å². The summed E-state index contributed by atoms with van der Waals surface area (Å²) in [5.74, 6) is 1.55. The van der Waals surface area contributed by atoms with Gasteiger partial charge in [-0.25, -0.2) is 0 Å². The molecule has 0 aromatic rings. The number of rotatable bonds is 4. The smallest absolute Gasteiger partial charge is 0.0685 e. The van der Waals surface area contributed by atoms with Crippen molar-refractivity contribution in [2.24, 2.45) is 17.3 Å². The van der Waals surface area contributed by atoms with Crippen molar-refractivity contribution in [1.29, 1.82) is 0 Å². The zero-order chi connectivity index (χ0) is 14.8. The Morgan fingerprint density at radius 2 is 1.90 bits per heavy atom. The summed E-state index contributed by atoms with van der Waals surface area (Å²) in [6.45, 7) is 10.5. The molecule has 2 nitrogen and oxygen atoms in total. The highest BCUT2D eigenvalue weighted by atomic mass is 16.5. The lowest BCUT2D eigenvalue weighted by Gasteiger charge is -2.43. The van der Waals surface area contributed by atoms with Gasteiger partial charge in [0.05, 0.1) is 5.60 Å². The number of hydrogen-bond donors (Lipinski definition) is 1. The van der Waals surface area contributed by atoms with Crippen LogP contribution < -0.4 is 5.32 Å². The molecule has 1 N–H and O–H groups in total. The monoisotopic (exact) mass is 281 g/mol. The van der Waals surface area contributed by atoms with Gasteiger partial charge in [0, 0.05) is 12.6 Å². The normalized spacial score (nSPS) is 29.6. The summed E-state index contributed by atoms with van der Waals surface area (Å²) in [5.41, 5.74) is 0.661. The number of ether oxygens (including phenoxy) is 1. The summed E-state index contributed by atoms with van der Waals surface area (Å²) in [7, 11) is 2.15. The van der Waals surface area contributed by atoms with Crippen LogP contribution in [0.15, 0.2) is 0 Å². The van der Waals surface area contributed by atoms with Crippen molar-refractivity contribution < 1.29 is 4.74 Å². The molecule has 2 heteroatoms. The summed E-state index contributed by atoms with van der Waals surface area (Å²) in [6, 6.07) is 0.658. The maximum absolute atomic E-state index is 6.20. The molecule has 2 aliphatic rings. The Labute approximate surface area is 126 Å². The summed E-state index contributed by atoms with van der Waals surface area (Å²) >= 11 is 0. The Balaban J connectivity index is 1.96. The summed E-state index contributed by atoms with van der Waals surface area (Å²) in [6.07, 6.45) is 9.16. The molecule has 2 rings (SSSR count). The van der Waals surface area contributed by atoms with Gasteiger partial charge in [-0.1, -0.05) is 40.5 Å². The molecule has 1 saturated heterocycles. The van der Waals surface area contributed by atoms with Gasteiger partial charge >= 0.3 is 0 Å². The predicted molar refractivity (Wildman–Crippen MR) is 86.0 cm³/mol. The van der Waals surface area contributed by atoms with Crippen molar-refractivity contribution in [3.05, 3.63) is 0 Å². The average Bonchev–Trinajstić information content (AvgIpc) is 2.82. The van der Waals surface area contributed by atoms with E-state index in [1.54, 1.807) is 0 Å². The maximum atomic E-state index is 6.20. The summed E-state index contributed by atoms with van der Waals surface area (Å²) < 4.78 is 6.20. The molecule has 0 amide bonds. The molecule has 3 unspecified atom stereocenters. The first-order valence-electron chi connectivity index (χ1n) is 8.67. The minimum absolute atomic E-state index is 0.253. The van der Waals surface area contributed by atoms with Crippen molar-refractivity contribution in [1.82, 2.24) is 5.32 Å². The molecule has 0 radical (unpaired) electrons. The van der Waals surface area contributed by atoms with E-state index in [2.05, 4.69) is 40.1 Å². The summed E-state index contributed by atoms with van der Waals surface area (Å²) in [4.78, 5) is 0. The molecular formula is C18H35NO. The van der Waals surface area contributed by atoms with E-state index in [1.165, 1.54) is 44.9 Å². The van der Waals surface area contributed by atoms with E-state index in [0.29, 0.717) is 11.5 Å². The standard InChI is InChI=1S/C18H35NO/c1-14(17(2,3)4)12-16(19-5)15-8-11-20-18(13-15)9-6-7-10-18/h14-16,19H,6-13H2,1-5H3. The minimum Gasteiger partial charge on any atom is -0.375 e. The van der Waals surface area contributed by atoms with E-state index in [-0.39, 0.29) is 5.60 Å². The van der Waals surface area contributed by atoms with Crippen LogP contribution in [0.3, 0.4) is 0 Å². The molecule has 20 heavy (non-hydrogen) atoms. The van der Waals surface area contributed by atoms with E-state index in [1.807, 2.05) is 0 Å². The first kappa shape index (κ1) is 16.3. The molecule has 118 valence electrons. The van der Waals surface area contributed by atoms with Crippen molar-refractivity contribution in [2.45, 2.75) is 84.3 Å². The van der Waals surface area contributed by atoms with Crippen LogP contribution in [0.1, 0.15) is 72.6 Å². The maximum Gasteiger partial charge on any atom is 0.0685 e. The fourth-order valence-corrected chi connectivity index (χ4v) is 4.06. The number of nitrogens with one attached hydrogen (secondary N) is 1. The Bertz CT molecular complexity index is 301. The number of hydrogen-bond acceptors (Lipinski definition) is 2. The van der Waals surface area contributed by atoms with Crippen molar-refractivity contribution in [2.75, 3.05) is 13.7 Å². The zero-order valence-corrected chi connectivity index (χ0v) is 14.3. The predicted octanol–water partition coefficient (Wildman–Crippen LogP) is 4.39. The van der Waals surface area contributed by atoms with Gasteiger partial charge in [-0.05, 0) is 56.4 Å². The highest BCUT2D eigenvalue weighted by Crippen LogP contribution is 2.44. The SMILES string of the molecule is CNC(CC(C)C(C)(C)C)C1CCOC2(CCCC2)C1. The van der Waals surface area contributed by atoms with Crippen LogP contribution in [0.2, 0.25) is 0 Å². The fourth-order valence-electron chi connectivity index (χ4n) is 4.06. The molecule has 1 aliphatic heterocycles. The van der Waals surface area contributed by atoms with Gasteiger partial charge in [-0.2, -0.15) is 0 Å². The third kappa shape index (κ3) is 3.76. The lowest BCUT2D eigenvalue weighted by Crippen LogP contribution is -2.46. The lowest BCUT2D eigenvalue weighted by molar-refractivity contribution is -0.0990. The van der Waals surface area contributed by atoms with Crippen LogP contribution in [-0.2, 0) is 4.74 Å². The largest absolute Gasteiger partial charge is 0.375 e. The highest BCUT2D eigenvalue weighted by molar-refractivity contribution is 4.94. The highest BCUT2D eigenvalue weighted by Gasteiger charge is 2.42. The Morgan fingerprint density at radius 1 is 1.25 bits per heavy atom. The molecule has 3 atom stereocenters. The van der Waals surface area contributed by atoms with Gasteiger partial charge < -0.3 is 10.1 Å². The topological polar surface area (TPSA) is 21.3 Å². The lowest BCUT2D eigenvalue weighted by atomic mass is 9.73. The molecule has 1 aliphatic carbocycles. The van der Waals surface area contributed by atoms with Gasteiger partial charge in [0.1, 0.15) is 0 Å². The fraction of sp³-hybridized carbons (Fsp3) is 1.00. The second-order valence-corrected chi connectivity index (χ2v) is 8.39. The van der Waals surface area contributed by atoms with Crippen LogP contribution in [-0.4, -0.2) is 25.3 Å². The van der Waals surface area contributed by atoms with Crippen LogP contribution >= 0.6 is 0 Å². The van der Waals surface area contributed by atoms with E-state index in [4.69, 9.17) is 4.74 Å². The van der Waals surface area contributed by atoms with Gasteiger partial charge in [0.2, 0.25) is 0 Å². The Hall–Kier alpha value is -0.0800. The second kappa shape index (κ2) is 6.36. The second-order valence-electron chi connectivity index (χ2n) is 8.39. The summed E-state index contributed by atoms with van der Waals surface area (Å²) in [5, 5.41) is 3.63. The van der Waals surface area contributed by atoms with Gasteiger partial charge in [-0.15, -0.1) is 0 Å². The minimum atomic E-state index is 0.253. The molecule has 1 spiro atoms. The molecule has 2 fully saturated rings. The molecule has 0 aromatic heterocycles. The van der Waals surface area contributed by atoms with E-state index < -0.39 is 0 Å². The van der Waals surface area contributed by atoms with E-state index >= 15 is 0 Å². The van der Waals surface area contributed by atoms with Gasteiger partial charge in [0.25, 0.3) is 0 Å². The molecule has 0 bridgehead atoms. The zero-order valence-electron chi connectivity index (χ0n) is 14.3. The van der Waals surface area contributed by atoms with Crippen molar-refractivity contribution in [3.8, 4) is 0 Å². The Morgan fingerprint density at radius 3 is 2.45 bits per heavy atom. The average molecular weight is 281 g/mol. The quantitative estimate of drug-likeness (QED) is 0.825. The third-order valence-electron chi connectivity index (χ3n) is 6.07. The van der Waals surface area contributed by atoms with E-state index in [0.717, 1.165) is 18.4 Å². The van der Waals surface area contributed by atoms with Crippen LogP contribution in [0.5, 0.6) is 0 Å². The van der Waals surface area contributed by atoms with Gasteiger partial charge in [-0.3, -0.25) is 0 Å². The van der Waals surface area contributed by atoms with Gasteiger partial charge in [0.15, 0.2) is 0 Å². The third-order valence-corrected chi connectivity index (χ3v) is 6.07. The first-order chi connectivity index (χ1) is 9.36. The Kier molecular flexibility index (Phi) is 5.18. The molecular weight excluding hydrogens is 246 g/mol. The van der Waals surface area contributed by atoms with Crippen molar-refractivity contribution in [3.63, 3.8) is 0 Å².